The van der Waals surface area contributed by atoms with E-state index in [1.54, 1.807) is 0 Å². The standard InChI is InChI=1S/C15H21N3/c1-4-5-12-6-8-13(9-7-12)14-10-15(18-17-14)16-11(2)3/h6-11H,4-5H2,1-3H3,(H2,16,17,18). The molecule has 0 bridgehead atoms. The van der Waals surface area contributed by atoms with Gasteiger partial charge in [-0.25, -0.2) is 0 Å². The molecule has 96 valence electrons. The second-order valence-corrected chi connectivity index (χ2v) is 4.91. The van der Waals surface area contributed by atoms with Gasteiger partial charge in [-0.15, -0.1) is 0 Å². The Hall–Kier alpha value is -1.77. The summed E-state index contributed by atoms with van der Waals surface area (Å²) in [5.41, 5.74) is 3.63. The molecule has 2 rings (SSSR count). The lowest BCUT2D eigenvalue weighted by Crippen LogP contribution is -2.09. The number of nitrogens with one attached hydrogen (secondary N) is 2. The predicted molar refractivity (Wildman–Crippen MR) is 76.8 cm³/mol. The molecule has 3 nitrogen and oxygen atoms in total. The first-order chi connectivity index (χ1) is 8.69. The molecular formula is C15H21N3. The van der Waals surface area contributed by atoms with Gasteiger partial charge < -0.3 is 5.32 Å². The average Bonchev–Trinajstić information content (AvgIpc) is 2.78. The molecule has 0 fully saturated rings. The van der Waals surface area contributed by atoms with Crippen LogP contribution in [0, 0.1) is 0 Å². The Morgan fingerprint density at radius 3 is 2.56 bits per heavy atom. The van der Waals surface area contributed by atoms with E-state index in [1.807, 2.05) is 0 Å². The molecule has 0 aliphatic heterocycles. The summed E-state index contributed by atoms with van der Waals surface area (Å²) in [5.74, 6) is 0.901. The number of aromatic amines is 1. The Bertz CT molecular complexity index is 483. The summed E-state index contributed by atoms with van der Waals surface area (Å²) in [6, 6.07) is 11.1. The van der Waals surface area contributed by atoms with Gasteiger partial charge in [0.05, 0.1) is 5.69 Å². The molecule has 1 aromatic heterocycles. The topological polar surface area (TPSA) is 40.7 Å². The highest BCUT2D eigenvalue weighted by Crippen LogP contribution is 2.20. The second kappa shape index (κ2) is 5.71. The lowest BCUT2D eigenvalue weighted by atomic mass is 10.1. The molecule has 0 amide bonds. The first-order valence-corrected chi connectivity index (χ1v) is 6.60. The van der Waals surface area contributed by atoms with Crippen LogP contribution in [-0.4, -0.2) is 16.2 Å². The van der Waals surface area contributed by atoms with Crippen molar-refractivity contribution in [3.63, 3.8) is 0 Å². The van der Waals surface area contributed by atoms with E-state index in [0.717, 1.165) is 17.9 Å². The van der Waals surface area contributed by atoms with Gasteiger partial charge in [0.15, 0.2) is 0 Å². The molecule has 2 aromatic rings. The van der Waals surface area contributed by atoms with Crippen LogP contribution in [0.5, 0.6) is 0 Å². The third-order valence-corrected chi connectivity index (χ3v) is 2.82. The van der Waals surface area contributed by atoms with Crippen LogP contribution in [0.1, 0.15) is 32.8 Å². The summed E-state index contributed by atoms with van der Waals surface area (Å²) < 4.78 is 0. The number of aromatic nitrogens is 2. The summed E-state index contributed by atoms with van der Waals surface area (Å²) in [5, 5.41) is 10.6. The second-order valence-electron chi connectivity index (χ2n) is 4.91. The van der Waals surface area contributed by atoms with Crippen molar-refractivity contribution in [2.45, 2.75) is 39.7 Å². The zero-order valence-corrected chi connectivity index (χ0v) is 11.3. The molecule has 0 saturated heterocycles. The van der Waals surface area contributed by atoms with Gasteiger partial charge in [-0.05, 0) is 31.4 Å². The van der Waals surface area contributed by atoms with Crippen molar-refractivity contribution in [3.05, 3.63) is 35.9 Å². The van der Waals surface area contributed by atoms with E-state index >= 15 is 0 Å². The number of benzene rings is 1. The van der Waals surface area contributed by atoms with Crippen LogP contribution in [0.4, 0.5) is 5.82 Å². The molecule has 0 spiro atoms. The largest absolute Gasteiger partial charge is 0.366 e. The maximum atomic E-state index is 4.26. The normalized spacial score (nSPS) is 10.9. The van der Waals surface area contributed by atoms with E-state index < -0.39 is 0 Å². The van der Waals surface area contributed by atoms with E-state index in [4.69, 9.17) is 0 Å². The maximum absolute atomic E-state index is 4.26. The summed E-state index contributed by atoms with van der Waals surface area (Å²) in [6.07, 6.45) is 2.33. The fraction of sp³-hybridized carbons (Fsp3) is 0.400. The Labute approximate surface area is 109 Å². The molecule has 3 heteroatoms. The Balaban J connectivity index is 2.13. The molecule has 0 radical (unpaired) electrons. The minimum atomic E-state index is 0.396. The molecule has 0 saturated carbocycles. The summed E-state index contributed by atoms with van der Waals surface area (Å²) in [7, 11) is 0. The van der Waals surface area contributed by atoms with Crippen molar-refractivity contribution in [1.82, 2.24) is 10.2 Å². The smallest absolute Gasteiger partial charge is 0.148 e. The highest BCUT2D eigenvalue weighted by Gasteiger charge is 2.04. The van der Waals surface area contributed by atoms with Gasteiger partial charge in [-0.3, -0.25) is 5.10 Å². The van der Waals surface area contributed by atoms with E-state index in [1.165, 1.54) is 17.5 Å². The number of H-pyrrole nitrogens is 1. The predicted octanol–water partition coefficient (Wildman–Crippen LogP) is 3.85. The number of rotatable bonds is 5. The number of nitrogens with zero attached hydrogens (tertiary/aromatic N) is 1. The lowest BCUT2D eigenvalue weighted by Gasteiger charge is -2.04. The third-order valence-electron chi connectivity index (χ3n) is 2.82. The minimum Gasteiger partial charge on any atom is -0.366 e. The van der Waals surface area contributed by atoms with Gasteiger partial charge in [-0.2, -0.15) is 5.10 Å². The average molecular weight is 243 g/mol. The summed E-state index contributed by atoms with van der Waals surface area (Å²) >= 11 is 0. The summed E-state index contributed by atoms with van der Waals surface area (Å²) in [6.45, 7) is 6.41. The van der Waals surface area contributed by atoms with E-state index in [9.17, 15) is 0 Å². The van der Waals surface area contributed by atoms with E-state index in [0.29, 0.717) is 6.04 Å². The fourth-order valence-corrected chi connectivity index (χ4v) is 1.98. The molecule has 18 heavy (non-hydrogen) atoms. The van der Waals surface area contributed by atoms with Crippen molar-refractivity contribution in [2.24, 2.45) is 0 Å². The Morgan fingerprint density at radius 2 is 1.94 bits per heavy atom. The zero-order chi connectivity index (χ0) is 13.0. The monoisotopic (exact) mass is 243 g/mol. The molecule has 1 aromatic carbocycles. The SMILES string of the molecule is CCCc1ccc(-c2cc(NC(C)C)n[nH]2)cc1. The lowest BCUT2D eigenvalue weighted by molar-refractivity contribution is 0.884. The first-order valence-electron chi connectivity index (χ1n) is 6.60. The Morgan fingerprint density at radius 1 is 1.22 bits per heavy atom. The Kier molecular flexibility index (Phi) is 4.03. The van der Waals surface area contributed by atoms with Gasteiger partial charge in [-0.1, -0.05) is 37.6 Å². The number of aryl methyl sites for hydroxylation is 1. The molecule has 0 atom stereocenters. The third kappa shape index (κ3) is 3.13. The van der Waals surface area contributed by atoms with Crippen LogP contribution in [-0.2, 0) is 6.42 Å². The summed E-state index contributed by atoms with van der Waals surface area (Å²) in [4.78, 5) is 0. The van der Waals surface area contributed by atoms with Crippen molar-refractivity contribution in [2.75, 3.05) is 5.32 Å². The van der Waals surface area contributed by atoms with Gasteiger partial charge in [0.25, 0.3) is 0 Å². The van der Waals surface area contributed by atoms with Crippen LogP contribution in [0.15, 0.2) is 30.3 Å². The maximum Gasteiger partial charge on any atom is 0.148 e. The van der Waals surface area contributed by atoms with Crippen molar-refractivity contribution >= 4 is 5.82 Å². The van der Waals surface area contributed by atoms with E-state index in [-0.39, 0.29) is 0 Å². The first kappa shape index (κ1) is 12.7. The van der Waals surface area contributed by atoms with Crippen LogP contribution < -0.4 is 5.32 Å². The highest BCUT2D eigenvalue weighted by atomic mass is 15.2. The van der Waals surface area contributed by atoms with Gasteiger partial charge in [0.1, 0.15) is 5.82 Å². The minimum absolute atomic E-state index is 0.396. The van der Waals surface area contributed by atoms with Gasteiger partial charge in [0, 0.05) is 12.1 Å². The number of anilines is 1. The molecular weight excluding hydrogens is 222 g/mol. The van der Waals surface area contributed by atoms with Crippen LogP contribution >= 0.6 is 0 Å². The van der Waals surface area contributed by atoms with Crippen molar-refractivity contribution < 1.29 is 0 Å². The number of hydrogen-bond donors (Lipinski definition) is 2. The zero-order valence-electron chi connectivity index (χ0n) is 11.3. The van der Waals surface area contributed by atoms with Gasteiger partial charge >= 0.3 is 0 Å². The van der Waals surface area contributed by atoms with Crippen LogP contribution in [0.3, 0.4) is 0 Å². The van der Waals surface area contributed by atoms with Crippen molar-refractivity contribution in [1.29, 1.82) is 0 Å². The highest BCUT2D eigenvalue weighted by molar-refractivity contribution is 5.63. The molecule has 0 unspecified atom stereocenters. The van der Waals surface area contributed by atoms with Gasteiger partial charge in [0.2, 0.25) is 0 Å². The molecule has 0 aliphatic carbocycles. The van der Waals surface area contributed by atoms with Crippen LogP contribution in [0.25, 0.3) is 11.3 Å². The number of hydrogen-bond acceptors (Lipinski definition) is 2. The fourth-order valence-electron chi connectivity index (χ4n) is 1.98. The quantitative estimate of drug-likeness (QED) is 0.837. The van der Waals surface area contributed by atoms with E-state index in [2.05, 4.69) is 66.6 Å². The van der Waals surface area contributed by atoms with Crippen LogP contribution in [0.2, 0.25) is 0 Å². The van der Waals surface area contributed by atoms with Crippen molar-refractivity contribution in [3.8, 4) is 11.3 Å². The molecule has 0 aliphatic rings. The molecule has 1 heterocycles. The molecule has 2 N–H and O–H groups in total.